The van der Waals surface area contributed by atoms with Gasteiger partial charge in [0, 0.05) is 23.7 Å². The zero-order valence-corrected chi connectivity index (χ0v) is 8.99. The van der Waals surface area contributed by atoms with E-state index in [0.29, 0.717) is 5.41 Å². The Bertz CT molecular complexity index is 360. The van der Waals surface area contributed by atoms with E-state index in [1.807, 2.05) is 0 Å². The highest BCUT2D eigenvalue weighted by atomic mass is 35.5. The fraction of sp³-hybridized carbons (Fsp3) is 0.455. The van der Waals surface area contributed by atoms with E-state index in [0.717, 1.165) is 12.3 Å². The van der Waals surface area contributed by atoms with E-state index in [9.17, 15) is 0 Å². The van der Waals surface area contributed by atoms with Gasteiger partial charge in [-0.25, -0.2) is 0 Å². The third-order valence-corrected chi connectivity index (χ3v) is 3.27. The molecule has 2 aliphatic rings. The lowest BCUT2D eigenvalue weighted by Crippen LogP contribution is -2.07. The van der Waals surface area contributed by atoms with Crippen LogP contribution in [-0.2, 0) is 5.41 Å². The van der Waals surface area contributed by atoms with Crippen molar-refractivity contribution < 1.29 is 4.74 Å². The van der Waals surface area contributed by atoms with Crippen molar-refractivity contribution in [1.29, 1.82) is 0 Å². The minimum Gasteiger partial charge on any atom is -0.497 e. The number of methoxy groups -OCH3 is 1. The van der Waals surface area contributed by atoms with Gasteiger partial charge in [-0.05, 0) is 24.5 Å². The van der Waals surface area contributed by atoms with E-state index >= 15 is 0 Å². The van der Waals surface area contributed by atoms with Crippen molar-refractivity contribution >= 4 is 18.1 Å². The Morgan fingerprint density at radius 1 is 1.36 bits per heavy atom. The molecule has 0 saturated heterocycles. The number of halogens is 1. The molecule has 1 saturated carbocycles. The monoisotopic (exact) mass is 211 g/mol. The molecule has 0 atom stereocenters. The van der Waals surface area contributed by atoms with Crippen LogP contribution < -0.4 is 10.1 Å². The van der Waals surface area contributed by atoms with E-state index < -0.39 is 0 Å². The molecule has 0 unspecified atom stereocenters. The molecule has 1 heterocycles. The van der Waals surface area contributed by atoms with E-state index in [-0.39, 0.29) is 12.4 Å². The van der Waals surface area contributed by atoms with Crippen molar-refractivity contribution in [3.63, 3.8) is 0 Å². The molecule has 1 spiro atoms. The molecule has 2 nitrogen and oxygen atoms in total. The maximum Gasteiger partial charge on any atom is 0.120 e. The van der Waals surface area contributed by atoms with Crippen molar-refractivity contribution in [2.24, 2.45) is 0 Å². The molecule has 0 bridgehead atoms. The first-order chi connectivity index (χ1) is 6.34. The number of hydrogen-bond acceptors (Lipinski definition) is 2. The zero-order chi connectivity index (χ0) is 8.89. The summed E-state index contributed by atoms with van der Waals surface area (Å²) >= 11 is 0. The lowest BCUT2D eigenvalue weighted by atomic mass is 9.99. The molecule has 1 aromatic rings. The number of rotatable bonds is 1. The largest absolute Gasteiger partial charge is 0.497 e. The van der Waals surface area contributed by atoms with Crippen LogP contribution in [0.3, 0.4) is 0 Å². The van der Waals surface area contributed by atoms with Crippen molar-refractivity contribution in [1.82, 2.24) is 0 Å². The summed E-state index contributed by atoms with van der Waals surface area (Å²) in [5.41, 5.74) is 3.27. The number of hydrogen-bond donors (Lipinski definition) is 1. The average Bonchev–Trinajstić information content (AvgIpc) is 2.86. The zero-order valence-electron chi connectivity index (χ0n) is 8.17. The summed E-state index contributed by atoms with van der Waals surface area (Å²) in [7, 11) is 1.71. The molecule has 1 aliphatic carbocycles. The molecule has 1 aliphatic heterocycles. The van der Waals surface area contributed by atoms with Gasteiger partial charge in [0.05, 0.1) is 7.11 Å². The lowest BCUT2D eigenvalue weighted by molar-refractivity contribution is 0.415. The molecular formula is C11H14ClNO. The van der Waals surface area contributed by atoms with E-state index in [2.05, 4.69) is 23.5 Å². The molecule has 1 aromatic carbocycles. The topological polar surface area (TPSA) is 21.3 Å². The Labute approximate surface area is 90.1 Å². The molecule has 0 amide bonds. The van der Waals surface area contributed by atoms with Crippen molar-refractivity contribution in [3.05, 3.63) is 23.8 Å². The molecule has 3 rings (SSSR count). The van der Waals surface area contributed by atoms with Crippen LogP contribution in [-0.4, -0.2) is 13.7 Å². The van der Waals surface area contributed by atoms with Crippen LogP contribution in [0.2, 0.25) is 0 Å². The Balaban J connectivity index is 0.000000750. The van der Waals surface area contributed by atoms with Gasteiger partial charge in [-0.3, -0.25) is 0 Å². The number of nitrogens with one attached hydrogen (secondary N) is 1. The van der Waals surface area contributed by atoms with Gasteiger partial charge < -0.3 is 10.1 Å². The van der Waals surface area contributed by atoms with Crippen LogP contribution in [0.25, 0.3) is 0 Å². The Hall–Kier alpha value is -0.890. The first-order valence-corrected chi connectivity index (χ1v) is 4.76. The second-order valence-corrected chi connectivity index (χ2v) is 4.05. The van der Waals surface area contributed by atoms with Crippen LogP contribution in [0, 0.1) is 0 Å². The molecule has 1 N–H and O–H groups in total. The first kappa shape index (κ1) is 9.66. The molecule has 14 heavy (non-hydrogen) atoms. The Kier molecular flexibility index (Phi) is 2.11. The minimum absolute atomic E-state index is 0. The van der Waals surface area contributed by atoms with Crippen LogP contribution in [0.15, 0.2) is 18.2 Å². The quantitative estimate of drug-likeness (QED) is 0.771. The number of benzene rings is 1. The van der Waals surface area contributed by atoms with Crippen LogP contribution in [0.1, 0.15) is 18.4 Å². The van der Waals surface area contributed by atoms with Gasteiger partial charge in [0.2, 0.25) is 0 Å². The van der Waals surface area contributed by atoms with Crippen molar-refractivity contribution in [2.45, 2.75) is 18.3 Å². The van der Waals surface area contributed by atoms with Gasteiger partial charge >= 0.3 is 0 Å². The molecule has 3 heteroatoms. The standard InChI is InChI=1S/C11H13NO.ClH/c1-13-8-2-3-9-10(6-8)12-7-11(9)4-5-11;/h2-3,6,12H,4-5,7H2,1H3;1H. The summed E-state index contributed by atoms with van der Waals surface area (Å²) < 4.78 is 5.19. The molecule has 0 radical (unpaired) electrons. The summed E-state index contributed by atoms with van der Waals surface area (Å²) in [6.45, 7) is 1.12. The summed E-state index contributed by atoms with van der Waals surface area (Å²) in [5, 5.41) is 3.45. The summed E-state index contributed by atoms with van der Waals surface area (Å²) in [6.07, 6.45) is 2.69. The maximum atomic E-state index is 5.19. The van der Waals surface area contributed by atoms with Crippen LogP contribution in [0.5, 0.6) is 5.75 Å². The van der Waals surface area contributed by atoms with Crippen LogP contribution in [0.4, 0.5) is 5.69 Å². The number of anilines is 1. The third-order valence-electron chi connectivity index (χ3n) is 3.27. The van der Waals surface area contributed by atoms with Gasteiger partial charge in [-0.2, -0.15) is 0 Å². The van der Waals surface area contributed by atoms with Crippen LogP contribution >= 0.6 is 12.4 Å². The van der Waals surface area contributed by atoms with E-state index in [1.54, 1.807) is 7.11 Å². The SMILES string of the molecule is COc1ccc2c(c1)NCC21CC1.Cl. The van der Waals surface area contributed by atoms with Gasteiger partial charge in [0.1, 0.15) is 5.75 Å². The molecule has 1 fully saturated rings. The summed E-state index contributed by atoms with van der Waals surface area (Å²) in [4.78, 5) is 0. The Morgan fingerprint density at radius 3 is 2.79 bits per heavy atom. The van der Waals surface area contributed by atoms with Gasteiger partial charge in [0.15, 0.2) is 0 Å². The normalized spacial score (nSPS) is 19.5. The Morgan fingerprint density at radius 2 is 2.14 bits per heavy atom. The second kappa shape index (κ2) is 3.06. The smallest absolute Gasteiger partial charge is 0.120 e. The highest BCUT2D eigenvalue weighted by molar-refractivity contribution is 5.85. The van der Waals surface area contributed by atoms with Gasteiger partial charge in [-0.15, -0.1) is 12.4 Å². The molecular weight excluding hydrogens is 198 g/mol. The lowest BCUT2D eigenvalue weighted by Gasteiger charge is -2.06. The number of fused-ring (bicyclic) bond motifs is 2. The average molecular weight is 212 g/mol. The van der Waals surface area contributed by atoms with Gasteiger partial charge in [0.25, 0.3) is 0 Å². The summed E-state index contributed by atoms with van der Waals surface area (Å²) in [5.74, 6) is 0.948. The van der Waals surface area contributed by atoms with E-state index in [4.69, 9.17) is 4.74 Å². The predicted octanol–water partition coefficient (Wildman–Crippen LogP) is 2.57. The maximum absolute atomic E-state index is 5.19. The van der Waals surface area contributed by atoms with Crippen molar-refractivity contribution in [2.75, 3.05) is 19.0 Å². The predicted molar refractivity (Wildman–Crippen MR) is 59.6 cm³/mol. The van der Waals surface area contributed by atoms with Gasteiger partial charge in [-0.1, -0.05) is 6.07 Å². The fourth-order valence-corrected chi connectivity index (χ4v) is 2.22. The molecule has 76 valence electrons. The second-order valence-electron chi connectivity index (χ2n) is 4.05. The van der Waals surface area contributed by atoms with E-state index in [1.165, 1.54) is 24.1 Å². The minimum atomic E-state index is 0. The highest BCUT2D eigenvalue weighted by Crippen LogP contribution is 2.54. The first-order valence-electron chi connectivity index (χ1n) is 4.76. The number of ether oxygens (including phenoxy) is 1. The fourth-order valence-electron chi connectivity index (χ4n) is 2.22. The highest BCUT2D eigenvalue weighted by Gasteiger charge is 2.48. The third kappa shape index (κ3) is 1.17. The van der Waals surface area contributed by atoms with Crippen molar-refractivity contribution in [3.8, 4) is 5.75 Å². The molecule has 0 aromatic heterocycles. The summed E-state index contributed by atoms with van der Waals surface area (Å²) in [6, 6.07) is 6.37.